The van der Waals surface area contributed by atoms with E-state index in [2.05, 4.69) is 45.9 Å². The summed E-state index contributed by atoms with van der Waals surface area (Å²) >= 11 is 0. The van der Waals surface area contributed by atoms with Gasteiger partial charge in [-0.05, 0) is 55.0 Å². The second kappa shape index (κ2) is 9.08. The molecule has 0 atom stereocenters. The van der Waals surface area contributed by atoms with Crippen LogP contribution in [0.4, 0.5) is 5.69 Å². The van der Waals surface area contributed by atoms with E-state index in [0.29, 0.717) is 12.1 Å². The van der Waals surface area contributed by atoms with Gasteiger partial charge in [0.1, 0.15) is 5.82 Å². The third-order valence-electron chi connectivity index (χ3n) is 6.16. The van der Waals surface area contributed by atoms with Gasteiger partial charge in [0.15, 0.2) is 0 Å². The largest absolute Gasteiger partial charge is 0.378 e. The van der Waals surface area contributed by atoms with Crippen molar-refractivity contribution in [2.45, 2.75) is 13.5 Å². The molecule has 6 heteroatoms. The van der Waals surface area contributed by atoms with Gasteiger partial charge in [-0.15, -0.1) is 0 Å². The maximum absolute atomic E-state index is 13.1. The second-order valence-corrected chi connectivity index (χ2v) is 8.46. The fourth-order valence-corrected chi connectivity index (χ4v) is 4.44. The molecule has 1 aromatic heterocycles. The van der Waals surface area contributed by atoms with E-state index in [4.69, 9.17) is 9.72 Å². The fourth-order valence-electron chi connectivity index (χ4n) is 4.44. The maximum atomic E-state index is 13.1. The number of ether oxygens (including phenoxy) is 1. The maximum Gasteiger partial charge on any atom is 0.253 e. The number of amides is 1. The van der Waals surface area contributed by atoms with Crippen molar-refractivity contribution in [1.29, 1.82) is 0 Å². The van der Waals surface area contributed by atoms with Crippen molar-refractivity contribution in [3.05, 3.63) is 89.7 Å². The lowest BCUT2D eigenvalue weighted by atomic mass is 10.1. The molecule has 3 aromatic carbocycles. The lowest BCUT2D eigenvalue weighted by Gasteiger charge is -2.29. The Balaban J connectivity index is 1.32. The number of para-hydroxylation sites is 1. The molecule has 0 bridgehead atoms. The Kier molecular flexibility index (Phi) is 5.84. The van der Waals surface area contributed by atoms with Gasteiger partial charge >= 0.3 is 0 Å². The number of anilines is 1. The Morgan fingerprint density at radius 3 is 2.42 bits per heavy atom. The number of hydrogen-bond donors (Lipinski definition) is 0. The summed E-state index contributed by atoms with van der Waals surface area (Å²) < 4.78 is 7.55. The van der Waals surface area contributed by atoms with E-state index in [0.717, 1.165) is 54.4 Å². The molecule has 1 fully saturated rings. The number of hydrogen-bond acceptors (Lipinski definition) is 4. The summed E-state index contributed by atoms with van der Waals surface area (Å²) in [5.74, 6) is 0.885. The number of benzene rings is 3. The standard InChI is InChI=1S/C27H28N4O2/c1-20-28-25-18-22(10-13-26(25)31(20)24-6-4-3-5-7-24)27(32)29(2)19-21-8-11-23(12-9-21)30-14-16-33-17-15-30/h3-13,18H,14-17,19H2,1-2H3. The molecule has 0 aliphatic carbocycles. The van der Waals surface area contributed by atoms with Gasteiger partial charge in [0, 0.05) is 43.6 Å². The Morgan fingerprint density at radius 2 is 1.70 bits per heavy atom. The topological polar surface area (TPSA) is 50.6 Å². The highest BCUT2D eigenvalue weighted by atomic mass is 16.5. The molecule has 5 rings (SSSR count). The lowest BCUT2D eigenvalue weighted by molar-refractivity contribution is 0.0785. The summed E-state index contributed by atoms with van der Waals surface area (Å²) in [6.07, 6.45) is 0. The molecule has 0 unspecified atom stereocenters. The number of fused-ring (bicyclic) bond motifs is 1. The summed E-state index contributed by atoms with van der Waals surface area (Å²) in [4.78, 5) is 21.9. The number of rotatable bonds is 5. The molecule has 1 saturated heterocycles. The first-order valence-electron chi connectivity index (χ1n) is 11.3. The van der Waals surface area contributed by atoms with Crippen LogP contribution >= 0.6 is 0 Å². The average Bonchev–Trinajstić information content (AvgIpc) is 3.20. The predicted molar refractivity (Wildman–Crippen MR) is 131 cm³/mol. The van der Waals surface area contributed by atoms with Gasteiger partial charge in [-0.2, -0.15) is 0 Å². The fraction of sp³-hybridized carbons (Fsp3) is 0.259. The second-order valence-electron chi connectivity index (χ2n) is 8.46. The molecule has 1 aliphatic heterocycles. The molecule has 1 amide bonds. The minimum atomic E-state index is -0.0129. The zero-order valence-corrected chi connectivity index (χ0v) is 19.1. The molecule has 6 nitrogen and oxygen atoms in total. The number of nitrogens with zero attached hydrogens (tertiary/aromatic N) is 4. The van der Waals surface area contributed by atoms with Crippen LogP contribution in [-0.2, 0) is 11.3 Å². The van der Waals surface area contributed by atoms with Crippen LogP contribution in [0.15, 0.2) is 72.8 Å². The van der Waals surface area contributed by atoms with E-state index >= 15 is 0 Å². The van der Waals surface area contributed by atoms with Crippen molar-refractivity contribution in [3.8, 4) is 5.69 Å². The molecule has 0 radical (unpaired) electrons. The molecular weight excluding hydrogens is 412 g/mol. The van der Waals surface area contributed by atoms with Crippen LogP contribution < -0.4 is 4.90 Å². The highest BCUT2D eigenvalue weighted by Gasteiger charge is 2.16. The minimum Gasteiger partial charge on any atom is -0.378 e. The quantitative estimate of drug-likeness (QED) is 0.460. The third kappa shape index (κ3) is 4.34. The van der Waals surface area contributed by atoms with E-state index in [-0.39, 0.29) is 5.91 Å². The van der Waals surface area contributed by atoms with Crippen LogP contribution in [0.2, 0.25) is 0 Å². The molecule has 0 saturated carbocycles. The van der Waals surface area contributed by atoms with Crippen LogP contribution in [0.3, 0.4) is 0 Å². The van der Waals surface area contributed by atoms with Crippen LogP contribution in [0, 0.1) is 6.92 Å². The Hall–Kier alpha value is -3.64. The van der Waals surface area contributed by atoms with Gasteiger partial charge in [0.05, 0.1) is 24.2 Å². The number of aryl methyl sites for hydroxylation is 1. The highest BCUT2D eigenvalue weighted by Crippen LogP contribution is 2.23. The summed E-state index contributed by atoms with van der Waals surface area (Å²) in [7, 11) is 1.84. The van der Waals surface area contributed by atoms with Crippen LogP contribution in [0.25, 0.3) is 16.7 Å². The van der Waals surface area contributed by atoms with Crippen molar-refractivity contribution in [1.82, 2.24) is 14.5 Å². The van der Waals surface area contributed by atoms with Crippen molar-refractivity contribution in [2.75, 3.05) is 38.3 Å². The molecule has 33 heavy (non-hydrogen) atoms. The average molecular weight is 441 g/mol. The summed E-state index contributed by atoms with van der Waals surface area (Å²) in [5.41, 5.74) is 5.84. The summed E-state index contributed by atoms with van der Waals surface area (Å²) in [6, 6.07) is 24.4. The van der Waals surface area contributed by atoms with Gasteiger partial charge in [-0.25, -0.2) is 4.98 Å². The van der Waals surface area contributed by atoms with E-state index in [9.17, 15) is 4.79 Å². The van der Waals surface area contributed by atoms with Crippen molar-refractivity contribution in [3.63, 3.8) is 0 Å². The normalized spacial score (nSPS) is 13.9. The molecule has 0 spiro atoms. The first kappa shape index (κ1) is 21.2. The number of carbonyl (C=O) groups is 1. The molecule has 4 aromatic rings. The molecular formula is C27H28N4O2. The monoisotopic (exact) mass is 440 g/mol. The molecule has 1 aliphatic rings. The van der Waals surface area contributed by atoms with Gasteiger partial charge in [0.2, 0.25) is 0 Å². The summed E-state index contributed by atoms with van der Waals surface area (Å²) in [6.45, 7) is 5.91. The predicted octanol–water partition coefficient (Wildman–Crippen LogP) is 4.44. The smallest absolute Gasteiger partial charge is 0.253 e. The third-order valence-corrected chi connectivity index (χ3v) is 6.16. The Labute approximate surface area is 194 Å². The molecule has 168 valence electrons. The van der Waals surface area contributed by atoms with Gasteiger partial charge < -0.3 is 14.5 Å². The highest BCUT2D eigenvalue weighted by molar-refractivity contribution is 5.97. The number of morpholine rings is 1. The van der Waals surface area contributed by atoms with Crippen molar-refractivity contribution < 1.29 is 9.53 Å². The zero-order valence-electron chi connectivity index (χ0n) is 19.1. The van der Waals surface area contributed by atoms with Gasteiger partial charge in [-0.3, -0.25) is 9.36 Å². The summed E-state index contributed by atoms with van der Waals surface area (Å²) in [5, 5.41) is 0. The van der Waals surface area contributed by atoms with Crippen molar-refractivity contribution >= 4 is 22.6 Å². The van der Waals surface area contributed by atoms with E-state index in [1.54, 1.807) is 4.90 Å². The van der Waals surface area contributed by atoms with Crippen LogP contribution in [0.1, 0.15) is 21.7 Å². The van der Waals surface area contributed by atoms with Crippen LogP contribution in [0.5, 0.6) is 0 Å². The lowest BCUT2D eigenvalue weighted by Crippen LogP contribution is -2.36. The number of carbonyl (C=O) groups excluding carboxylic acids is 1. The zero-order chi connectivity index (χ0) is 22.8. The number of aromatic nitrogens is 2. The first-order valence-corrected chi connectivity index (χ1v) is 11.3. The van der Waals surface area contributed by atoms with Gasteiger partial charge in [-0.1, -0.05) is 30.3 Å². The Bertz CT molecular complexity index is 1260. The molecule has 0 N–H and O–H groups in total. The number of imidazole rings is 1. The van der Waals surface area contributed by atoms with Gasteiger partial charge in [0.25, 0.3) is 5.91 Å². The van der Waals surface area contributed by atoms with E-state index < -0.39 is 0 Å². The SMILES string of the molecule is Cc1nc2cc(C(=O)N(C)Cc3ccc(N4CCOCC4)cc3)ccc2n1-c1ccccc1. The molecule has 2 heterocycles. The first-order chi connectivity index (χ1) is 16.1. The minimum absolute atomic E-state index is 0.0129. The van der Waals surface area contributed by atoms with Crippen LogP contribution in [-0.4, -0.2) is 53.7 Å². The van der Waals surface area contributed by atoms with E-state index in [1.807, 2.05) is 50.4 Å². The van der Waals surface area contributed by atoms with E-state index in [1.165, 1.54) is 5.69 Å². The Morgan fingerprint density at radius 1 is 0.970 bits per heavy atom. The van der Waals surface area contributed by atoms with Crippen molar-refractivity contribution in [2.24, 2.45) is 0 Å².